The van der Waals surface area contributed by atoms with Crippen LogP contribution in [0.3, 0.4) is 0 Å². The van der Waals surface area contributed by atoms with Crippen LogP contribution in [-0.4, -0.2) is 46.7 Å². The molecule has 0 amide bonds. The first kappa shape index (κ1) is 22.9. The number of aryl methyl sites for hydroxylation is 1. The van der Waals surface area contributed by atoms with E-state index in [1.165, 1.54) is 12.5 Å². The first-order chi connectivity index (χ1) is 16.3. The number of pyridine rings is 2. The van der Waals surface area contributed by atoms with Gasteiger partial charge in [-0.05, 0) is 35.4 Å². The molecule has 0 saturated carbocycles. The van der Waals surface area contributed by atoms with Crippen LogP contribution in [0.5, 0.6) is 0 Å². The van der Waals surface area contributed by atoms with Crippen molar-refractivity contribution in [2.24, 2.45) is 7.05 Å². The summed E-state index contributed by atoms with van der Waals surface area (Å²) in [5.74, 6) is 1.86. The molecule has 4 heterocycles. The predicted molar refractivity (Wildman–Crippen MR) is 137 cm³/mol. The summed E-state index contributed by atoms with van der Waals surface area (Å²) in [5.41, 5.74) is 5.17. The zero-order valence-electron chi connectivity index (χ0n) is 18.6. The van der Waals surface area contributed by atoms with Gasteiger partial charge in [0, 0.05) is 60.3 Å². The van der Waals surface area contributed by atoms with Crippen molar-refractivity contribution in [3.05, 3.63) is 77.2 Å². The number of aromatic nitrogens is 4. The summed E-state index contributed by atoms with van der Waals surface area (Å²) in [6, 6.07) is 13.3. The molecule has 0 fully saturated rings. The lowest BCUT2D eigenvalue weighted by Crippen LogP contribution is -2.06. The van der Waals surface area contributed by atoms with E-state index in [9.17, 15) is 8.42 Å². The lowest BCUT2D eigenvalue weighted by Gasteiger charge is -2.18. The number of halogens is 1. The molecule has 1 atom stereocenters. The van der Waals surface area contributed by atoms with Crippen LogP contribution in [0.25, 0.3) is 22.5 Å². The first-order valence-corrected chi connectivity index (χ1v) is 13.9. The quantitative estimate of drug-likeness (QED) is 0.419. The maximum atomic E-state index is 12.0. The van der Waals surface area contributed by atoms with Crippen molar-refractivity contribution in [1.82, 2.24) is 19.7 Å². The third-order valence-electron chi connectivity index (χ3n) is 5.69. The second kappa shape index (κ2) is 9.05. The molecule has 174 valence electrons. The standard InChI is InChI=1S/C24H22ClN5O2S2/c1-30-24-21(22(29-30)20-5-3-4-8-27-20)23(33-10-9-28-24)18-7-6-15(12-19(18)25)16-11-17(14-26-13-16)34(2,31)32/h3-8,11-14,23,28H,9-10H2,1-2H3. The van der Waals surface area contributed by atoms with Crippen LogP contribution in [0.15, 0.2) is 66.0 Å². The second-order valence-electron chi connectivity index (χ2n) is 8.04. The molecule has 1 aromatic carbocycles. The molecule has 0 radical (unpaired) electrons. The van der Waals surface area contributed by atoms with Crippen LogP contribution in [0.1, 0.15) is 16.4 Å². The zero-order chi connectivity index (χ0) is 23.9. The number of hydrogen-bond acceptors (Lipinski definition) is 7. The molecule has 10 heteroatoms. The zero-order valence-corrected chi connectivity index (χ0v) is 21.0. The maximum Gasteiger partial charge on any atom is 0.177 e. The van der Waals surface area contributed by atoms with Crippen molar-refractivity contribution in [2.75, 3.05) is 23.9 Å². The third kappa shape index (κ3) is 4.31. The predicted octanol–water partition coefficient (Wildman–Crippen LogP) is 4.85. The number of anilines is 1. The van der Waals surface area contributed by atoms with E-state index in [1.807, 2.05) is 48.1 Å². The minimum Gasteiger partial charge on any atom is -0.369 e. The Morgan fingerprint density at radius 1 is 1.15 bits per heavy atom. The van der Waals surface area contributed by atoms with Crippen molar-refractivity contribution in [3.63, 3.8) is 0 Å². The first-order valence-electron chi connectivity index (χ1n) is 10.6. The van der Waals surface area contributed by atoms with Gasteiger partial charge in [-0.1, -0.05) is 29.8 Å². The van der Waals surface area contributed by atoms with Crippen molar-refractivity contribution in [1.29, 1.82) is 0 Å². The van der Waals surface area contributed by atoms with E-state index < -0.39 is 9.84 Å². The number of nitrogens with one attached hydrogen (secondary N) is 1. The molecule has 0 bridgehead atoms. The molecule has 3 aromatic heterocycles. The Bertz CT molecular complexity index is 1470. The van der Waals surface area contributed by atoms with Gasteiger partial charge in [-0.25, -0.2) is 8.42 Å². The van der Waals surface area contributed by atoms with Gasteiger partial charge < -0.3 is 5.32 Å². The SMILES string of the molecule is Cn1nc(-c2ccccn2)c2c1NCCSC2c1ccc(-c2cncc(S(C)(=O)=O)c2)cc1Cl. The number of fused-ring (bicyclic) bond motifs is 1. The van der Waals surface area contributed by atoms with Crippen LogP contribution in [0, 0.1) is 0 Å². The smallest absolute Gasteiger partial charge is 0.177 e. The Labute approximate surface area is 207 Å². The largest absolute Gasteiger partial charge is 0.369 e. The van der Waals surface area contributed by atoms with Gasteiger partial charge in [-0.15, -0.1) is 11.8 Å². The molecule has 0 saturated heterocycles. The van der Waals surface area contributed by atoms with E-state index in [0.29, 0.717) is 10.6 Å². The second-order valence-corrected chi connectivity index (χ2v) is 11.7. The summed E-state index contributed by atoms with van der Waals surface area (Å²) >= 11 is 8.66. The number of rotatable bonds is 4. The Morgan fingerprint density at radius 3 is 2.74 bits per heavy atom. The molecule has 1 aliphatic heterocycles. The van der Waals surface area contributed by atoms with E-state index in [1.54, 1.807) is 30.2 Å². The van der Waals surface area contributed by atoms with Crippen molar-refractivity contribution < 1.29 is 8.42 Å². The van der Waals surface area contributed by atoms with Gasteiger partial charge in [0.2, 0.25) is 0 Å². The monoisotopic (exact) mass is 511 g/mol. The lowest BCUT2D eigenvalue weighted by molar-refractivity contribution is 0.601. The molecule has 1 N–H and O–H groups in total. The molecule has 1 aliphatic rings. The fraction of sp³-hybridized carbons (Fsp3) is 0.208. The van der Waals surface area contributed by atoms with E-state index in [4.69, 9.17) is 16.7 Å². The van der Waals surface area contributed by atoms with E-state index >= 15 is 0 Å². The molecule has 7 nitrogen and oxygen atoms in total. The highest BCUT2D eigenvalue weighted by atomic mass is 35.5. The average molecular weight is 512 g/mol. The average Bonchev–Trinajstić information content (AvgIpc) is 3.00. The summed E-state index contributed by atoms with van der Waals surface area (Å²) in [7, 11) is -1.43. The van der Waals surface area contributed by atoms with E-state index in [-0.39, 0.29) is 10.1 Å². The van der Waals surface area contributed by atoms with E-state index in [2.05, 4.69) is 15.3 Å². The number of thioether (sulfide) groups is 1. The number of hydrogen-bond donors (Lipinski definition) is 1. The number of nitrogens with zero attached hydrogens (tertiary/aromatic N) is 4. The van der Waals surface area contributed by atoms with E-state index in [0.717, 1.165) is 46.2 Å². The van der Waals surface area contributed by atoms with Gasteiger partial charge in [0.05, 0.1) is 15.8 Å². The molecule has 5 rings (SSSR count). The topological polar surface area (TPSA) is 89.8 Å². The summed E-state index contributed by atoms with van der Waals surface area (Å²) in [5, 5.41) is 8.84. The fourth-order valence-corrected chi connectivity index (χ4v) is 6.24. The van der Waals surface area contributed by atoms with Crippen molar-refractivity contribution >= 4 is 39.0 Å². The summed E-state index contributed by atoms with van der Waals surface area (Å²) in [6.45, 7) is 0.814. The summed E-state index contributed by atoms with van der Waals surface area (Å²) < 4.78 is 25.8. The normalized spacial score (nSPS) is 15.9. The van der Waals surface area contributed by atoms with Crippen LogP contribution in [0.4, 0.5) is 5.82 Å². The minimum absolute atomic E-state index is 0.0438. The van der Waals surface area contributed by atoms with Gasteiger partial charge >= 0.3 is 0 Å². The number of sulfone groups is 1. The highest BCUT2D eigenvalue weighted by molar-refractivity contribution is 7.99. The molecular formula is C24H22ClN5O2S2. The fourth-order valence-electron chi connectivity index (χ4n) is 4.06. The maximum absolute atomic E-state index is 12.0. The highest BCUT2D eigenvalue weighted by Crippen LogP contribution is 2.47. The van der Waals surface area contributed by atoms with Crippen LogP contribution in [-0.2, 0) is 16.9 Å². The molecule has 34 heavy (non-hydrogen) atoms. The lowest BCUT2D eigenvalue weighted by atomic mass is 9.99. The molecule has 4 aromatic rings. The van der Waals surface area contributed by atoms with Gasteiger partial charge in [-0.3, -0.25) is 14.6 Å². The van der Waals surface area contributed by atoms with Crippen LogP contribution < -0.4 is 5.32 Å². The number of benzene rings is 1. The van der Waals surface area contributed by atoms with Gasteiger partial charge in [0.25, 0.3) is 0 Å². The third-order valence-corrected chi connectivity index (χ3v) is 8.36. The molecule has 0 spiro atoms. The van der Waals surface area contributed by atoms with Gasteiger partial charge in [0.15, 0.2) is 9.84 Å². The van der Waals surface area contributed by atoms with Crippen molar-refractivity contribution in [3.8, 4) is 22.5 Å². The summed E-state index contributed by atoms with van der Waals surface area (Å²) in [6.07, 6.45) is 5.94. The van der Waals surface area contributed by atoms with Gasteiger partial charge in [-0.2, -0.15) is 5.10 Å². The van der Waals surface area contributed by atoms with Crippen LogP contribution >= 0.6 is 23.4 Å². The van der Waals surface area contributed by atoms with Crippen LogP contribution in [0.2, 0.25) is 5.02 Å². The van der Waals surface area contributed by atoms with Crippen molar-refractivity contribution in [2.45, 2.75) is 10.1 Å². The Morgan fingerprint density at radius 2 is 2.00 bits per heavy atom. The van der Waals surface area contributed by atoms with Gasteiger partial charge in [0.1, 0.15) is 11.5 Å². The molecule has 1 unspecified atom stereocenters. The molecular weight excluding hydrogens is 490 g/mol. The minimum atomic E-state index is -3.36. The Kier molecular flexibility index (Phi) is 6.09. The Balaban J connectivity index is 1.60. The summed E-state index contributed by atoms with van der Waals surface area (Å²) in [4.78, 5) is 8.81. The highest BCUT2D eigenvalue weighted by Gasteiger charge is 2.30. The molecule has 0 aliphatic carbocycles. The Hall–Kier alpha value is -2.88.